The van der Waals surface area contributed by atoms with Gasteiger partial charge in [0.05, 0.1) is 18.8 Å². The maximum absolute atomic E-state index is 12.9. The van der Waals surface area contributed by atoms with Crippen LogP contribution in [-0.4, -0.2) is 27.3 Å². The molecule has 1 aliphatic rings. The molecule has 0 saturated carbocycles. The van der Waals surface area contributed by atoms with E-state index in [9.17, 15) is 4.79 Å². The van der Waals surface area contributed by atoms with Crippen molar-refractivity contribution < 1.29 is 14.3 Å². The van der Waals surface area contributed by atoms with E-state index in [1.54, 1.807) is 30.6 Å². The lowest BCUT2D eigenvalue weighted by atomic mass is 9.92. The predicted molar refractivity (Wildman–Crippen MR) is 113 cm³/mol. The molecule has 0 bridgehead atoms. The zero-order valence-corrected chi connectivity index (χ0v) is 17.3. The fourth-order valence-electron chi connectivity index (χ4n) is 3.77. The summed E-state index contributed by atoms with van der Waals surface area (Å²) in [5.74, 6) is 1.04. The normalized spacial score (nSPS) is 15.3. The van der Waals surface area contributed by atoms with Crippen molar-refractivity contribution in [1.29, 1.82) is 0 Å². The van der Waals surface area contributed by atoms with Gasteiger partial charge in [0.2, 0.25) is 0 Å². The average molecular weight is 406 g/mol. The molecule has 1 aliphatic carbocycles. The van der Waals surface area contributed by atoms with E-state index < -0.39 is 0 Å². The summed E-state index contributed by atoms with van der Waals surface area (Å²) in [4.78, 5) is 16.9. The number of ether oxygens (including phenoxy) is 2. The Morgan fingerprint density at radius 3 is 2.83 bits per heavy atom. The molecule has 1 N–H and O–H groups in total. The van der Waals surface area contributed by atoms with Crippen molar-refractivity contribution in [2.75, 3.05) is 6.61 Å². The molecule has 0 saturated heterocycles. The second kappa shape index (κ2) is 8.98. The number of hydrogen-bond donors (Lipinski definition) is 1. The van der Waals surface area contributed by atoms with Gasteiger partial charge in [-0.25, -0.2) is 0 Å². The zero-order chi connectivity index (χ0) is 20.9. The Bertz CT molecular complexity index is 1020. The maximum atomic E-state index is 12.9. The lowest BCUT2D eigenvalue weighted by Gasteiger charge is -2.24. The lowest BCUT2D eigenvalue weighted by molar-refractivity contribution is 0.0932. The third-order valence-electron chi connectivity index (χ3n) is 5.33. The van der Waals surface area contributed by atoms with Gasteiger partial charge in [0.15, 0.2) is 11.5 Å². The molecule has 7 nitrogen and oxygen atoms in total. The Labute approximate surface area is 176 Å². The first-order chi connectivity index (χ1) is 14.7. The SMILES string of the molecule is CCOc1cc(C(=O)NC2CCCc3c2cnn3C)ccc1OCc1ccncc1. The molecule has 0 radical (unpaired) electrons. The number of amides is 1. The first kappa shape index (κ1) is 19.9. The highest BCUT2D eigenvalue weighted by molar-refractivity contribution is 5.95. The van der Waals surface area contributed by atoms with Gasteiger partial charge in [-0.15, -0.1) is 0 Å². The minimum Gasteiger partial charge on any atom is -0.490 e. The van der Waals surface area contributed by atoms with Crippen molar-refractivity contribution in [2.24, 2.45) is 7.05 Å². The number of pyridine rings is 1. The number of carbonyl (C=O) groups excluding carboxylic acids is 1. The highest BCUT2D eigenvalue weighted by Crippen LogP contribution is 2.31. The van der Waals surface area contributed by atoms with Crippen LogP contribution in [0.3, 0.4) is 0 Å². The molecule has 0 aliphatic heterocycles. The third kappa shape index (κ3) is 4.30. The Morgan fingerprint density at radius 1 is 1.20 bits per heavy atom. The second-order valence-electron chi connectivity index (χ2n) is 7.33. The van der Waals surface area contributed by atoms with Crippen LogP contribution in [0.25, 0.3) is 0 Å². The van der Waals surface area contributed by atoms with Gasteiger partial charge in [-0.3, -0.25) is 14.5 Å². The van der Waals surface area contributed by atoms with Crippen LogP contribution < -0.4 is 14.8 Å². The summed E-state index contributed by atoms with van der Waals surface area (Å²) in [7, 11) is 1.95. The standard InChI is InChI=1S/C23H26N4O3/c1-3-29-22-13-17(7-8-21(22)30-15-16-9-11-24-12-10-16)23(28)26-19-5-4-6-20-18(19)14-25-27(20)2/h7-14,19H,3-6,15H2,1-2H3,(H,26,28). The summed E-state index contributed by atoms with van der Waals surface area (Å²) in [6.07, 6.45) is 8.26. The van der Waals surface area contributed by atoms with E-state index in [4.69, 9.17) is 9.47 Å². The van der Waals surface area contributed by atoms with Crippen LogP contribution in [-0.2, 0) is 20.1 Å². The van der Waals surface area contributed by atoms with Crippen molar-refractivity contribution >= 4 is 5.91 Å². The molecule has 4 rings (SSSR count). The molecule has 1 atom stereocenters. The fraction of sp³-hybridized carbons (Fsp3) is 0.348. The number of nitrogens with zero attached hydrogens (tertiary/aromatic N) is 3. The fourth-order valence-corrected chi connectivity index (χ4v) is 3.77. The van der Waals surface area contributed by atoms with Crippen LogP contribution in [0.5, 0.6) is 11.5 Å². The van der Waals surface area contributed by atoms with E-state index in [0.29, 0.717) is 30.3 Å². The smallest absolute Gasteiger partial charge is 0.251 e. The highest BCUT2D eigenvalue weighted by atomic mass is 16.5. The van der Waals surface area contributed by atoms with Crippen LogP contribution in [0.2, 0.25) is 0 Å². The summed E-state index contributed by atoms with van der Waals surface area (Å²) in [6.45, 7) is 2.80. The van der Waals surface area contributed by atoms with Gasteiger partial charge in [0, 0.05) is 36.3 Å². The first-order valence-corrected chi connectivity index (χ1v) is 10.3. The summed E-state index contributed by atoms with van der Waals surface area (Å²) in [5, 5.41) is 7.50. The molecular weight excluding hydrogens is 380 g/mol. The summed E-state index contributed by atoms with van der Waals surface area (Å²) in [5.41, 5.74) is 3.87. The van der Waals surface area contributed by atoms with E-state index >= 15 is 0 Å². The van der Waals surface area contributed by atoms with Crippen LogP contribution in [0, 0.1) is 0 Å². The van der Waals surface area contributed by atoms with Crippen LogP contribution in [0.1, 0.15) is 53.0 Å². The van der Waals surface area contributed by atoms with Crippen LogP contribution in [0.4, 0.5) is 0 Å². The van der Waals surface area contributed by atoms with Crippen LogP contribution in [0.15, 0.2) is 48.9 Å². The Kier molecular flexibility index (Phi) is 5.97. The summed E-state index contributed by atoms with van der Waals surface area (Å²) in [6, 6.07) is 9.09. The van der Waals surface area contributed by atoms with E-state index in [2.05, 4.69) is 15.4 Å². The molecule has 0 fully saturated rings. The van der Waals surface area contributed by atoms with E-state index in [-0.39, 0.29) is 11.9 Å². The number of hydrogen-bond acceptors (Lipinski definition) is 5. The minimum atomic E-state index is -0.127. The minimum absolute atomic E-state index is 0.0203. The highest BCUT2D eigenvalue weighted by Gasteiger charge is 2.25. The average Bonchev–Trinajstić information content (AvgIpc) is 3.15. The molecule has 3 aromatic rings. The molecule has 156 valence electrons. The van der Waals surface area contributed by atoms with Gasteiger partial charge in [0.1, 0.15) is 6.61 Å². The molecular formula is C23H26N4O3. The monoisotopic (exact) mass is 406 g/mol. The molecule has 2 aromatic heterocycles. The van der Waals surface area contributed by atoms with E-state index in [1.807, 2.05) is 37.0 Å². The van der Waals surface area contributed by atoms with Crippen molar-refractivity contribution in [3.8, 4) is 11.5 Å². The number of carbonyl (C=O) groups is 1. The van der Waals surface area contributed by atoms with Crippen molar-refractivity contribution in [1.82, 2.24) is 20.1 Å². The third-order valence-corrected chi connectivity index (χ3v) is 5.33. The van der Waals surface area contributed by atoms with Crippen molar-refractivity contribution in [3.63, 3.8) is 0 Å². The van der Waals surface area contributed by atoms with Crippen molar-refractivity contribution in [3.05, 3.63) is 71.3 Å². The largest absolute Gasteiger partial charge is 0.490 e. The van der Waals surface area contributed by atoms with Gasteiger partial charge in [0.25, 0.3) is 5.91 Å². The number of fused-ring (bicyclic) bond motifs is 1. The second-order valence-corrected chi connectivity index (χ2v) is 7.33. The van der Waals surface area contributed by atoms with Gasteiger partial charge < -0.3 is 14.8 Å². The van der Waals surface area contributed by atoms with Crippen molar-refractivity contribution in [2.45, 2.75) is 38.8 Å². The molecule has 0 spiro atoms. The quantitative estimate of drug-likeness (QED) is 0.649. The molecule has 1 aromatic carbocycles. The molecule has 7 heteroatoms. The summed E-state index contributed by atoms with van der Waals surface area (Å²) >= 11 is 0. The topological polar surface area (TPSA) is 78.3 Å². The molecule has 30 heavy (non-hydrogen) atoms. The van der Waals surface area contributed by atoms with Crippen LogP contribution >= 0.6 is 0 Å². The number of aromatic nitrogens is 3. The molecule has 2 heterocycles. The number of benzene rings is 1. The lowest BCUT2D eigenvalue weighted by Crippen LogP contribution is -2.31. The molecule has 1 amide bonds. The predicted octanol–water partition coefficient (Wildman–Crippen LogP) is 3.60. The van der Waals surface area contributed by atoms with Gasteiger partial charge in [-0.2, -0.15) is 5.10 Å². The van der Waals surface area contributed by atoms with E-state index in [0.717, 1.165) is 30.4 Å². The maximum Gasteiger partial charge on any atom is 0.251 e. The van der Waals surface area contributed by atoms with Gasteiger partial charge in [-0.05, 0) is 62.1 Å². The van der Waals surface area contributed by atoms with E-state index in [1.165, 1.54) is 5.69 Å². The number of rotatable bonds is 7. The van der Waals surface area contributed by atoms with Gasteiger partial charge >= 0.3 is 0 Å². The Hall–Kier alpha value is -3.35. The molecule has 1 unspecified atom stereocenters. The number of aryl methyl sites for hydroxylation is 1. The zero-order valence-electron chi connectivity index (χ0n) is 17.3. The Morgan fingerprint density at radius 2 is 2.03 bits per heavy atom. The Balaban J connectivity index is 1.48. The van der Waals surface area contributed by atoms with Gasteiger partial charge in [-0.1, -0.05) is 0 Å². The summed E-state index contributed by atoms with van der Waals surface area (Å²) < 4.78 is 13.5. The first-order valence-electron chi connectivity index (χ1n) is 10.3. The number of nitrogens with one attached hydrogen (secondary N) is 1.